The minimum Gasteiger partial charge on any atom is -0.355 e. The third-order valence-corrected chi connectivity index (χ3v) is 4.16. The van der Waals surface area contributed by atoms with Gasteiger partial charge >= 0.3 is 0 Å². The summed E-state index contributed by atoms with van der Waals surface area (Å²) in [5.41, 5.74) is 0.909. The summed E-state index contributed by atoms with van der Waals surface area (Å²) in [4.78, 5) is 0. The van der Waals surface area contributed by atoms with Crippen molar-refractivity contribution in [3.63, 3.8) is 0 Å². The van der Waals surface area contributed by atoms with Gasteiger partial charge in [-0.15, -0.1) is 0 Å². The highest BCUT2D eigenvalue weighted by atomic mass is 16.7. The fourth-order valence-corrected chi connectivity index (χ4v) is 3.95. The van der Waals surface area contributed by atoms with Gasteiger partial charge in [-0.1, -0.05) is 27.7 Å². The first-order chi connectivity index (χ1) is 8.36. The van der Waals surface area contributed by atoms with E-state index in [0.29, 0.717) is 29.8 Å². The summed E-state index contributed by atoms with van der Waals surface area (Å²) in [5, 5.41) is 3.72. The molecule has 1 saturated heterocycles. The molecule has 1 atom stereocenters. The van der Waals surface area contributed by atoms with Crippen LogP contribution in [0.1, 0.15) is 53.4 Å². The van der Waals surface area contributed by atoms with Crippen LogP contribution < -0.4 is 5.32 Å². The van der Waals surface area contributed by atoms with Crippen LogP contribution in [-0.4, -0.2) is 32.1 Å². The molecule has 18 heavy (non-hydrogen) atoms. The normalized spacial score (nSPS) is 32.3. The molecule has 1 aliphatic heterocycles. The van der Waals surface area contributed by atoms with E-state index in [9.17, 15) is 0 Å². The van der Waals surface area contributed by atoms with Crippen LogP contribution in [0.25, 0.3) is 0 Å². The maximum absolute atomic E-state index is 5.59. The Morgan fingerprint density at radius 2 is 1.78 bits per heavy atom. The topological polar surface area (TPSA) is 30.5 Å². The zero-order valence-corrected chi connectivity index (χ0v) is 12.4. The van der Waals surface area contributed by atoms with Crippen molar-refractivity contribution < 1.29 is 9.47 Å². The predicted molar refractivity (Wildman–Crippen MR) is 73.5 cm³/mol. The fourth-order valence-electron chi connectivity index (χ4n) is 3.95. The van der Waals surface area contributed by atoms with E-state index in [0.717, 1.165) is 19.6 Å². The molecule has 1 aliphatic carbocycles. The van der Waals surface area contributed by atoms with Gasteiger partial charge in [0, 0.05) is 12.6 Å². The van der Waals surface area contributed by atoms with Crippen molar-refractivity contribution in [1.29, 1.82) is 0 Å². The molecule has 0 bridgehead atoms. The van der Waals surface area contributed by atoms with E-state index in [1.54, 1.807) is 0 Å². The quantitative estimate of drug-likeness (QED) is 0.841. The fraction of sp³-hybridized carbons (Fsp3) is 1.00. The molecule has 2 aliphatic rings. The van der Waals surface area contributed by atoms with Crippen LogP contribution in [0.3, 0.4) is 0 Å². The highest BCUT2D eigenvalue weighted by Gasteiger charge is 2.38. The second-order valence-corrected chi connectivity index (χ2v) is 7.62. The molecular formula is C15H29NO2. The van der Waals surface area contributed by atoms with Gasteiger partial charge in [-0.25, -0.2) is 0 Å². The largest absolute Gasteiger partial charge is 0.355 e. The first kappa shape index (κ1) is 14.3. The Labute approximate surface area is 112 Å². The molecule has 0 aromatic rings. The molecular weight excluding hydrogens is 226 g/mol. The van der Waals surface area contributed by atoms with E-state index >= 15 is 0 Å². The van der Waals surface area contributed by atoms with Crippen molar-refractivity contribution in [2.45, 2.75) is 65.5 Å². The second kappa shape index (κ2) is 5.48. The summed E-state index contributed by atoms with van der Waals surface area (Å²) in [6, 6.07) is 0.634. The van der Waals surface area contributed by atoms with Crippen LogP contribution in [0.2, 0.25) is 0 Å². The Morgan fingerprint density at radius 3 is 2.33 bits per heavy atom. The van der Waals surface area contributed by atoms with Crippen molar-refractivity contribution in [3.8, 4) is 0 Å². The SMILES string of the molecule is CC1(C)CC(NCC2CCOCO2)CC(C)(C)C1. The Bertz CT molecular complexity index is 254. The van der Waals surface area contributed by atoms with E-state index in [1.807, 2.05) is 0 Å². The lowest BCUT2D eigenvalue weighted by Crippen LogP contribution is -2.46. The van der Waals surface area contributed by atoms with Gasteiger partial charge in [0.25, 0.3) is 0 Å². The van der Waals surface area contributed by atoms with Crippen molar-refractivity contribution >= 4 is 0 Å². The molecule has 1 N–H and O–H groups in total. The zero-order chi connectivity index (χ0) is 13.2. The zero-order valence-electron chi connectivity index (χ0n) is 12.4. The third kappa shape index (κ3) is 4.22. The maximum Gasteiger partial charge on any atom is 0.147 e. The lowest BCUT2D eigenvalue weighted by atomic mass is 9.63. The Balaban J connectivity index is 1.81. The summed E-state index contributed by atoms with van der Waals surface area (Å²) >= 11 is 0. The summed E-state index contributed by atoms with van der Waals surface area (Å²) in [7, 11) is 0. The van der Waals surface area contributed by atoms with Crippen molar-refractivity contribution in [1.82, 2.24) is 5.32 Å². The molecule has 1 saturated carbocycles. The number of ether oxygens (including phenoxy) is 2. The molecule has 0 spiro atoms. The monoisotopic (exact) mass is 255 g/mol. The molecule has 2 fully saturated rings. The van der Waals surface area contributed by atoms with E-state index in [2.05, 4.69) is 33.0 Å². The van der Waals surface area contributed by atoms with Crippen molar-refractivity contribution in [2.75, 3.05) is 19.9 Å². The van der Waals surface area contributed by atoms with Crippen LogP contribution in [-0.2, 0) is 9.47 Å². The smallest absolute Gasteiger partial charge is 0.147 e. The second-order valence-electron chi connectivity index (χ2n) is 7.62. The molecule has 3 nitrogen and oxygen atoms in total. The molecule has 0 aromatic heterocycles. The summed E-state index contributed by atoms with van der Waals surface area (Å²) in [6.45, 7) is 11.9. The third-order valence-electron chi connectivity index (χ3n) is 4.16. The highest BCUT2D eigenvalue weighted by Crippen LogP contribution is 2.45. The van der Waals surface area contributed by atoms with Gasteiger partial charge in [-0.05, 0) is 36.5 Å². The number of nitrogens with one attached hydrogen (secondary N) is 1. The summed E-state index contributed by atoms with van der Waals surface area (Å²) in [5.74, 6) is 0. The van der Waals surface area contributed by atoms with Gasteiger partial charge in [0.1, 0.15) is 6.79 Å². The van der Waals surface area contributed by atoms with Crippen molar-refractivity contribution in [2.24, 2.45) is 10.8 Å². The minimum absolute atomic E-state index is 0.340. The van der Waals surface area contributed by atoms with E-state index in [1.165, 1.54) is 19.3 Å². The summed E-state index contributed by atoms with van der Waals surface area (Å²) in [6.07, 6.45) is 5.24. The van der Waals surface area contributed by atoms with E-state index in [-0.39, 0.29) is 0 Å². The Kier molecular flexibility index (Phi) is 4.35. The molecule has 0 amide bonds. The Hall–Kier alpha value is -0.120. The van der Waals surface area contributed by atoms with Gasteiger partial charge in [0.05, 0.1) is 12.7 Å². The lowest BCUT2D eigenvalue weighted by Gasteiger charge is -2.45. The van der Waals surface area contributed by atoms with E-state index < -0.39 is 0 Å². The number of hydrogen-bond acceptors (Lipinski definition) is 3. The van der Waals surface area contributed by atoms with Gasteiger partial charge in [0.15, 0.2) is 0 Å². The van der Waals surface area contributed by atoms with Crippen LogP contribution in [0.5, 0.6) is 0 Å². The standard InChI is InChI=1S/C15H29NO2/c1-14(2)7-12(8-15(3,4)10-14)16-9-13-5-6-17-11-18-13/h12-13,16H,5-11H2,1-4H3. The van der Waals surface area contributed by atoms with Gasteiger partial charge in [-0.3, -0.25) is 0 Å². The van der Waals surface area contributed by atoms with Gasteiger partial charge in [-0.2, -0.15) is 0 Å². The average Bonchev–Trinajstić information content (AvgIpc) is 2.24. The molecule has 2 rings (SSSR count). The lowest BCUT2D eigenvalue weighted by molar-refractivity contribution is -0.138. The van der Waals surface area contributed by atoms with Crippen LogP contribution in [0, 0.1) is 10.8 Å². The first-order valence-electron chi connectivity index (χ1n) is 7.29. The molecule has 1 unspecified atom stereocenters. The van der Waals surface area contributed by atoms with Crippen LogP contribution >= 0.6 is 0 Å². The highest BCUT2D eigenvalue weighted by molar-refractivity contribution is 4.92. The Morgan fingerprint density at radius 1 is 1.11 bits per heavy atom. The molecule has 106 valence electrons. The van der Waals surface area contributed by atoms with Crippen LogP contribution in [0.15, 0.2) is 0 Å². The van der Waals surface area contributed by atoms with Gasteiger partial charge in [0.2, 0.25) is 0 Å². The van der Waals surface area contributed by atoms with Gasteiger partial charge < -0.3 is 14.8 Å². The number of rotatable bonds is 3. The van der Waals surface area contributed by atoms with Crippen molar-refractivity contribution in [3.05, 3.63) is 0 Å². The average molecular weight is 255 g/mol. The molecule has 1 heterocycles. The van der Waals surface area contributed by atoms with Crippen LogP contribution in [0.4, 0.5) is 0 Å². The molecule has 3 heteroatoms. The molecule has 0 radical (unpaired) electrons. The summed E-state index contributed by atoms with van der Waals surface area (Å²) < 4.78 is 10.8. The van der Waals surface area contributed by atoms with E-state index in [4.69, 9.17) is 9.47 Å². The maximum atomic E-state index is 5.59. The molecule has 0 aromatic carbocycles. The minimum atomic E-state index is 0.340. The first-order valence-corrected chi connectivity index (χ1v) is 7.29. The number of hydrogen-bond donors (Lipinski definition) is 1. The predicted octanol–water partition coefficient (Wildman–Crippen LogP) is 2.94.